The number of nitrogens with one attached hydrogen (secondary N) is 1. The van der Waals surface area contributed by atoms with Crippen LogP contribution in [0.1, 0.15) is 32.8 Å². The molecule has 16 heavy (non-hydrogen) atoms. The van der Waals surface area contributed by atoms with Gasteiger partial charge in [-0.05, 0) is 30.7 Å². The minimum Gasteiger partial charge on any atom is -0.313 e. The first-order chi connectivity index (χ1) is 7.63. The number of hydrogen-bond acceptors (Lipinski definition) is 2. The second-order valence-electron chi connectivity index (χ2n) is 4.11. The number of benzene rings is 1. The van der Waals surface area contributed by atoms with E-state index in [0.29, 0.717) is 5.25 Å². The van der Waals surface area contributed by atoms with Gasteiger partial charge in [0.2, 0.25) is 0 Å². The van der Waals surface area contributed by atoms with E-state index in [1.165, 1.54) is 10.5 Å². The molecule has 1 aromatic carbocycles. The third-order valence-corrected chi connectivity index (χ3v) is 3.62. The highest BCUT2D eigenvalue weighted by molar-refractivity contribution is 8.00. The van der Waals surface area contributed by atoms with Crippen LogP contribution in [0.15, 0.2) is 23.1 Å². The maximum atomic E-state index is 6.24. The summed E-state index contributed by atoms with van der Waals surface area (Å²) in [5.41, 5.74) is 1.26. The van der Waals surface area contributed by atoms with Crippen LogP contribution in [0.4, 0.5) is 0 Å². The van der Waals surface area contributed by atoms with Crippen molar-refractivity contribution in [1.82, 2.24) is 5.32 Å². The summed E-state index contributed by atoms with van der Waals surface area (Å²) in [5, 5.41) is 4.81. The Labute approximate surface area is 108 Å². The first kappa shape index (κ1) is 13.9. The van der Waals surface area contributed by atoms with Gasteiger partial charge in [-0.15, -0.1) is 11.8 Å². The Kier molecular flexibility index (Phi) is 6.25. The van der Waals surface area contributed by atoms with Gasteiger partial charge in [0.05, 0.1) is 5.02 Å². The topological polar surface area (TPSA) is 12.0 Å². The molecule has 0 radical (unpaired) electrons. The predicted octanol–water partition coefficient (Wildman–Crippen LogP) is 4.34. The summed E-state index contributed by atoms with van der Waals surface area (Å²) in [6.45, 7) is 8.48. The summed E-state index contributed by atoms with van der Waals surface area (Å²) in [6, 6.07) is 6.34. The zero-order chi connectivity index (χ0) is 12.0. The standard InChI is InChI=1S/C13H20ClNS/c1-4-7-15-9-11-5-6-13(12(14)8-11)16-10(2)3/h5-6,8,10,15H,4,7,9H2,1-3H3. The first-order valence-corrected chi connectivity index (χ1v) is 7.05. The molecule has 90 valence electrons. The van der Waals surface area contributed by atoms with Crippen LogP contribution in [0, 0.1) is 0 Å². The van der Waals surface area contributed by atoms with Crippen molar-refractivity contribution in [3.8, 4) is 0 Å². The second kappa shape index (κ2) is 7.21. The van der Waals surface area contributed by atoms with Crippen LogP contribution in [-0.4, -0.2) is 11.8 Å². The first-order valence-electron chi connectivity index (χ1n) is 5.79. The zero-order valence-electron chi connectivity index (χ0n) is 10.2. The van der Waals surface area contributed by atoms with Crippen molar-refractivity contribution < 1.29 is 0 Å². The van der Waals surface area contributed by atoms with Crippen molar-refractivity contribution in [3.63, 3.8) is 0 Å². The lowest BCUT2D eigenvalue weighted by atomic mass is 10.2. The van der Waals surface area contributed by atoms with Gasteiger partial charge < -0.3 is 5.32 Å². The summed E-state index contributed by atoms with van der Waals surface area (Å²) < 4.78 is 0. The average Bonchev–Trinajstić information content (AvgIpc) is 2.22. The third kappa shape index (κ3) is 4.77. The highest BCUT2D eigenvalue weighted by Gasteiger charge is 2.04. The molecule has 0 atom stereocenters. The van der Waals surface area contributed by atoms with Crippen molar-refractivity contribution in [2.75, 3.05) is 6.54 Å². The Hall–Kier alpha value is -0.180. The lowest BCUT2D eigenvalue weighted by Gasteiger charge is -2.09. The van der Waals surface area contributed by atoms with Crippen LogP contribution in [0.3, 0.4) is 0 Å². The van der Waals surface area contributed by atoms with Crippen molar-refractivity contribution in [3.05, 3.63) is 28.8 Å². The lowest BCUT2D eigenvalue weighted by Crippen LogP contribution is -2.13. The average molecular weight is 258 g/mol. The van der Waals surface area contributed by atoms with E-state index in [1.807, 2.05) is 11.8 Å². The summed E-state index contributed by atoms with van der Waals surface area (Å²) in [4.78, 5) is 1.18. The number of thioether (sulfide) groups is 1. The summed E-state index contributed by atoms with van der Waals surface area (Å²) in [5.74, 6) is 0. The van der Waals surface area contributed by atoms with Crippen molar-refractivity contribution in [2.24, 2.45) is 0 Å². The van der Waals surface area contributed by atoms with Crippen LogP contribution in [0.2, 0.25) is 5.02 Å². The Morgan fingerprint density at radius 1 is 1.38 bits per heavy atom. The van der Waals surface area contributed by atoms with E-state index in [1.54, 1.807) is 0 Å². The molecule has 0 saturated heterocycles. The molecule has 1 nitrogen and oxygen atoms in total. The van der Waals surface area contributed by atoms with Gasteiger partial charge in [0.15, 0.2) is 0 Å². The fraction of sp³-hybridized carbons (Fsp3) is 0.538. The van der Waals surface area contributed by atoms with Gasteiger partial charge >= 0.3 is 0 Å². The van der Waals surface area contributed by atoms with E-state index in [0.717, 1.165) is 24.5 Å². The zero-order valence-corrected chi connectivity index (χ0v) is 11.8. The minimum absolute atomic E-state index is 0.571. The maximum Gasteiger partial charge on any atom is 0.0545 e. The number of rotatable bonds is 6. The highest BCUT2D eigenvalue weighted by atomic mass is 35.5. The molecular formula is C13H20ClNS. The number of halogens is 1. The third-order valence-electron chi connectivity index (χ3n) is 2.11. The largest absolute Gasteiger partial charge is 0.313 e. The quantitative estimate of drug-likeness (QED) is 0.601. The normalized spacial score (nSPS) is 11.1. The maximum absolute atomic E-state index is 6.24. The van der Waals surface area contributed by atoms with E-state index in [2.05, 4.69) is 44.3 Å². The highest BCUT2D eigenvalue weighted by Crippen LogP contribution is 2.30. The van der Waals surface area contributed by atoms with Gasteiger partial charge in [-0.2, -0.15) is 0 Å². The SMILES string of the molecule is CCCNCc1ccc(SC(C)C)c(Cl)c1. The predicted molar refractivity (Wildman–Crippen MR) is 74.4 cm³/mol. The van der Waals surface area contributed by atoms with Gasteiger partial charge in [0.1, 0.15) is 0 Å². The molecule has 0 bridgehead atoms. The molecule has 0 aromatic heterocycles. The molecule has 0 spiro atoms. The number of hydrogen-bond donors (Lipinski definition) is 1. The molecule has 0 fully saturated rings. The Bertz CT molecular complexity index is 326. The Morgan fingerprint density at radius 2 is 2.12 bits per heavy atom. The van der Waals surface area contributed by atoms with Gasteiger partial charge in [-0.1, -0.05) is 38.4 Å². The summed E-state index contributed by atoms with van der Waals surface area (Å²) in [7, 11) is 0. The van der Waals surface area contributed by atoms with Crippen LogP contribution in [0.5, 0.6) is 0 Å². The second-order valence-corrected chi connectivity index (χ2v) is 6.13. The molecule has 1 rings (SSSR count). The fourth-order valence-electron chi connectivity index (χ4n) is 1.41. The smallest absolute Gasteiger partial charge is 0.0545 e. The van der Waals surface area contributed by atoms with E-state index < -0.39 is 0 Å². The van der Waals surface area contributed by atoms with E-state index in [-0.39, 0.29) is 0 Å². The molecule has 0 aliphatic carbocycles. The Balaban J connectivity index is 2.60. The lowest BCUT2D eigenvalue weighted by molar-refractivity contribution is 0.675. The van der Waals surface area contributed by atoms with Gasteiger partial charge in [0, 0.05) is 16.7 Å². The van der Waals surface area contributed by atoms with Gasteiger partial charge in [-0.25, -0.2) is 0 Å². The molecule has 0 aliphatic rings. The summed E-state index contributed by atoms with van der Waals surface area (Å²) in [6.07, 6.45) is 1.16. The molecule has 0 amide bonds. The van der Waals surface area contributed by atoms with Gasteiger partial charge in [0.25, 0.3) is 0 Å². The summed E-state index contributed by atoms with van der Waals surface area (Å²) >= 11 is 8.05. The van der Waals surface area contributed by atoms with E-state index in [4.69, 9.17) is 11.6 Å². The monoisotopic (exact) mass is 257 g/mol. The molecule has 0 saturated carbocycles. The molecule has 1 N–H and O–H groups in total. The molecule has 1 aromatic rings. The molecule has 0 unspecified atom stereocenters. The minimum atomic E-state index is 0.571. The van der Waals surface area contributed by atoms with E-state index in [9.17, 15) is 0 Å². The van der Waals surface area contributed by atoms with Crippen LogP contribution < -0.4 is 5.32 Å². The molecule has 3 heteroatoms. The molecular weight excluding hydrogens is 238 g/mol. The van der Waals surface area contributed by atoms with Crippen molar-refractivity contribution >= 4 is 23.4 Å². The fourth-order valence-corrected chi connectivity index (χ4v) is 2.58. The Morgan fingerprint density at radius 3 is 2.69 bits per heavy atom. The van der Waals surface area contributed by atoms with E-state index >= 15 is 0 Å². The van der Waals surface area contributed by atoms with Crippen LogP contribution in [-0.2, 0) is 6.54 Å². The van der Waals surface area contributed by atoms with Gasteiger partial charge in [-0.3, -0.25) is 0 Å². The molecule has 0 aliphatic heterocycles. The van der Waals surface area contributed by atoms with Crippen LogP contribution >= 0.6 is 23.4 Å². The van der Waals surface area contributed by atoms with Crippen LogP contribution in [0.25, 0.3) is 0 Å². The van der Waals surface area contributed by atoms with Crippen molar-refractivity contribution in [1.29, 1.82) is 0 Å². The molecule has 0 heterocycles. The van der Waals surface area contributed by atoms with Crippen molar-refractivity contribution in [2.45, 2.75) is 43.9 Å².